The summed E-state index contributed by atoms with van der Waals surface area (Å²) < 4.78 is 5.29. The molecule has 0 radical (unpaired) electrons. The third kappa shape index (κ3) is 3.68. The van der Waals surface area contributed by atoms with Crippen molar-refractivity contribution in [2.75, 3.05) is 26.3 Å². The van der Waals surface area contributed by atoms with E-state index >= 15 is 0 Å². The molecule has 15 heavy (non-hydrogen) atoms. The van der Waals surface area contributed by atoms with Gasteiger partial charge in [0.1, 0.15) is 0 Å². The molecule has 0 spiro atoms. The zero-order valence-corrected chi connectivity index (χ0v) is 9.62. The summed E-state index contributed by atoms with van der Waals surface area (Å²) in [7, 11) is 0. The molecule has 1 aliphatic rings. The van der Waals surface area contributed by atoms with Gasteiger partial charge < -0.3 is 20.1 Å². The Balaban J connectivity index is 2.54. The van der Waals surface area contributed by atoms with Gasteiger partial charge in [0.05, 0.1) is 13.2 Å². The standard InChI is InChI=1S/C10H20N2O3/c1-10(2,3)12(9(13)14)6-8-7-15-5-4-11-8/h8,11H,4-7H2,1-3H3,(H,13,14). The van der Waals surface area contributed by atoms with Crippen LogP contribution < -0.4 is 5.32 Å². The van der Waals surface area contributed by atoms with Crippen LogP contribution in [0.15, 0.2) is 0 Å². The van der Waals surface area contributed by atoms with Crippen LogP contribution in [0.3, 0.4) is 0 Å². The Labute approximate surface area is 90.4 Å². The third-order valence-electron chi connectivity index (χ3n) is 2.44. The molecule has 0 bridgehead atoms. The van der Waals surface area contributed by atoms with Gasteiger partial charge in [-0.3, -0.25) is 0 Å². The van der Waals surface area contributed by atoms with E-state index in [1.54, 1.807) is 0 Å². The molecule has 1 rings (SSSR count). The highest BCUT2D eigenvalue weighted by Crippen LogP contribution is 2.14. The zero-order valence-electron chi connectivity index (χ0n) is 9.62. The monoisotopic (exact) mass is 216 g/mol. The van der Waals surface area contributed by atoms with Crippen molar-refractivity contribution in [3.63, 3.8) is 0 Å². The topological polar surface area (TPSA) is 61.8 Å². The number of amides is 1. The summed E-state index contributed by atoms with van der Waals surface area (Å²) in [5.74, 6) is 0. The fourth-order valence-corrected chi connectivity index (χ4v) is 1.60. The van der Waals surface area contributed by atoms with Crippen LogP contribution in [0.5, 0.6) is 0 Å². The predicted octanol–water partition coefficient (Wildman–Crippen LogP) is 0.753. The summed E-state index contributed by atoms with van der Waals surface area (Å²) in [6.45, 7) is 8.24. The Morgan fingerprint density at radius 3 is 2.67 bits per heavy atom. The highest BCUT2D eigenvalue weighted by Gasteiger charge is 2.29. The summed E-state index contributed by atoms with van der Waals surface area (Å²) in [6, 6.07) is 0.106. The molecular formula is C10H20N2O3. The number of hydrogen-bond donors (Lipinski definition) is 2. The van der Waals surface area contributed by atoms with Crippen molar-refractivity contribution in [2.24, 2.45) is 0 Å². The van der Waals surface area contributed by atoms with E-state index in [-0.39, 0.29) is 11.6 Å². The van der Waals surface area contributed by atoms with Gasteiger partial charge in [0.25, 0.3) is 0 Å². The molecule has 1 unspecified atom stereocenters. The van der Waals surface area contributed by atoms with E-state index in [1.807, 2.05) is 20.8 Å². The molecule has 2 N–H and O–H groups in total. The second-order valence-electron chi connectivity index (χ2n) is 4.79. The fourth-order valence-electron chi connectivity index (χ4n) is 1.60. The number of carbonyl (C=O) groups is 1. The van der Waals surface area contributed by atoms with Crippen molar-refractivity contribution in [1.29, 1.82) is 0 Å². The largest absolute Gasteiger partial charge is 0.465 e. The van der Waals surface area contributed by atoms with Gasteiger partial charge in [0.15, 0.2) is 0 Å². The van der Waals surface area contributed by atoms with Gasteiger partial charge in [-0.15, -0.1) is 0 Å². The van der Waals surface area contributed by atoms with Crippen LogP contribution in [-0.2, 0) is 4.74 Å². The van der Waals surface area contributed by atoms with E-state index in [4.69, 9.17) is 9.84 Å². The molecule has 1 amide bonds. The molecule has 1 aliphatic heterocycles. The molecule has 1 saturated heterocycles. The van der Waals surface area contributed by atoms with E-state index in [1.165, 1.54) is 4.90 Å². The maximum atomic E-state index is 11.1. The molecular weight excluding hydrogens is 196 g/mol. The van der Waals surface area contributed by atoms with Gasteiger partial charge in [0.2, 0.25) is 0 Å². The quantitative estimate of drug-likeness (QED) is 0.715. The lowest BCUT2D eigenvalue weighted by atomic mass is 10.1. The number of morpholine rings is 1. The molecule has 1 heterocycles. The van der Waals surface area contributed by atoms with Crippen molar-refractivity contribution in [3.8, 4) is 0 Å². The van der Waals surface area contributed by atoms with Crippen LogP contribution in [-0.4, -0.2) is 54.0 Å². The fraction of sp³-hybridized carbons (Fsp3) is 0.900. The first-order chi connectivity index (χ1) is 6.91. The summed E-state index contributed by atoms with van der Waals surface area (Å²) >= 11 is 0. The molecule has 0 saturated carbocycles. The smallest absolute Gasteiger partial charge is 0.407 e. The minimum atomic E-state index is -0.880. The average Bonchev–Trinajstić information content (AvgIpc) is 2.13. The van der Waals surface area contributed by atoms with Crippen molar-refractivity contribution in [2.45, 2.75) is 32.4 Å². The molecule has 5 nitrogen and oxygen atoms in total. The van der Waals surface area contributed by atoms with Gasteiger partial charge in [-0.05, 0) is 20.8 Å². The molecule has 88 valence electrons. The highest BCUT2D eigenvalue weighted by molar-refractivity contribution is 5.66. The van der Waals surface area contributed by atoms with Crippen molar-refractivity contribution >= 4 is 6.09 Å². The van der Waals surface area contributed by atoms with Crippen molar-refractivity contribution < 1.29 is 14.6 Å². The number of rotatable bonds is 2. The average molecular weight is 216 g/mol. The number of hydrogen-bond acceptors (Lipinski definition) is 3. The molecule has 1 fully saturated rings. The first-order valence-corrected chi connectivity index (χ1v) is 5.23. The first kappa shape index (κ1) is 12.3. The van der Waals surface area contributed by atoms with E-state index in [0.717, 1.165) is 6.54 Å². The van der Waals surface area contributed by atoms with E-state index in [9.17, 15) is 4.79 Å². The first-order valence-electron chi connectivity index (χ1n) is 5.23. The van der Waals surface area contributed by atoms with Crippen LogP contribution in [0, 0.1) is 0 Å². The summed E-state index contributed by atoms with van der Waals surface area (Å²) in [6.07, 6.45) is -0.880. The number of nitrogens with zero attached hydrogens (tertiary/aromatic N) is 1. The molecule has 5 heteroatoms. The summed E-state index contributed by atoms with van der Waals surface area (Å²) in [4.78, 5) is 12.5. The molecule has 0 aromatic rings. The Bertz CT molecular complexity index is 219. The second-order valence-corrected chi connectivity index (χ2v) is 4.79. The molecule has 1 atom stereocenters. The Morgan fingerprint density at radius 1 is 1.60 bits per heavy atom. The van der Waals surface area contributed by atoms with E-state index in [0.29, 0.717) is 19.8 Å². The van der Waals surface area contributed by atoms with Crippen LogP contribution in [0.4, 0.5) is 4.79 Å². The predicted molar refractivity (Wildman–Crippen MR) is 57.1 cm³/mol. The SMILES string of the molecule is CC(C)(C)N(CC1COCCN1)C(=O)O. The minimum Gasteiger partial charge on any atom is -0.465 e. The Kier molecular flexibility index (Phi) is 3.93. The Hall–Kier alpha value is -0.810. The molecule has 0 aromatic heterocycles. The maximum absolute atomic E-state index is 11.1. The molecule has 0 aliphatic carbocycles. The normalized spacial score (nSPS) is 22.5. The van der Waals surface area contributed by atoms with Crippen LogP contribution in [0.1, 0.15) is 20.8 Å². The van der Waals surface area contributed by atoms with Gasteiger partial charge in [-0.2, -0.15) is 0 Å². The van der Waals surface area contributed by atoms with Crippen LogP contribution in [0.2, 0.25) is 0 Å². The van der Waals surface area contributed by atoms with E-state index < -0.39 is 6.09 Å². The maximum Gasteiger partial charge on any atom is 0.407 e. The van der Waals surface area contributed by atoms with Gasteiger partial charge in [-0.25, -0.2) is 4.79 Å². The lowest BCUT2D eigenvalue weighted by Gasteiger charge is -2.37. The lowest BCUT2D eigenvalue weighted by molar-refractivity contribution is 0.0434. The number of carboxylic acid groups (broad SMARTS) is 1. The third-order valence-corrected chi connectivity index (χ3v) is 2.44. The highest BCUT2D eigenvalue weighted by atomic mass is 16.5. The Morgan fingerprint density at radius 2 is 2.27 bits per heavy atom. The second kappa shape index (κ2) is 4.81. The van der Waals surface area contributed by atoms with E-state index in [2.05, 4.69) is 5.32 Å². The molecule has 0 aromatic carbocycles. The van der Waals surface area contributed by atoms with Gasteiger partial charge in [-0.1, -0.05) is 0 Å². The van der Waals surface area contributed by atoms with Crippen LogP contribution in [0.25, 0.3) is 0 Å². The number of nitrogens with one attached hydrogen (secondary N) is 1. The summed E-state index contributed by atoms with van der Waals surface area (Å²) in [5, 5.41) is 12.3. The van der Waals surface area contributed by atoms with Crippen LogP contribution >= 0.6 is 0 Å². The van der Waals surface area contributed by atoms with Crippen molar-refractivity contribution in [3.05, 3.63) is 0 Å². The summed E-state index contributed by atoms with van der Waals surface area (Å²) in [5.41, 5.74) is -0.370. The van der Waals surface area contributed by atoms with Crippen molar-refractivity contribution in [1.82, 2.24) is 10.2 Å². The van der Waals surface area contributed by atoms with Gasteiger partial charge >= 0.3 is 6.09 Å². The number of ether oxygens (including phenoxy) is 1. The van der Waals surface area contributed by atoms with Gasteiger partial charge in [0, 0.05) is 24.7 Å². The zero-order chi connectivity index (χ0) is 11.5. The minimum absolute atomic E-state index is 0.106. The lowest BCUT2D eigenvalue weighted by Crippen LogP contribution is -2.54.